The zero-order valence-electron chi connectivity index (χ0n) is 11.5. The Morgan fingerprint density at radius 1 is 1.28 bits per heavy atom. The highest BCUT2D eigenvalue weighted by Crippen LogP contribution is 2.46. The molecule has 1 saturated carbocycles. The summed E-state index contributed by atoms with van der Waals surface area (Å²) in [4.78, 5) is 23.3. The maximum Gasteiger partial charge on any atom is 0.329 e. The van der Waals surface area contributed by atoms with E-state index in [0.717, 1.165) is 19.3 Å². The van der Waals surface area contributed by atoms with Crippen LogP contribution in [0, 0.1) is 5.41 Å². The Labute approximate surface area is 108 Å². The van der Waals surface area contributed by atoms with Crippen molar-refractivity contribution in [1.82, 2.24) is 5.32 Å². The fraction of sp³-hybridized carbons (Fsp3) is 0.857. The minimum atomic E-state index is -0.438. The van der Waals surface area contributed by atoms with E-state index in [1.807, 2.05) is 6.92 Å². The fourth-order valence-corrected chi connectivity index (χ4v) is 2.91. The molecule has 0 spiro atoms. The summed E-state index contributed by atoms with van der Waals surface area (Å²) in [5.41, 5.74) is -0.404. The average Bonchev–Trinajstić information content (AvgIpc) is 2.70. The molecule has 1 N–H and O–H groups in total. The van der Waals surface area contributed by atoms with Gasteiger partial charge in [-0.3, -0.25) is 4.79 Å². The Kier molecular flexibility index (Phi) is 3.39. The Morgan fingerprint density at radius 3 is 2.50 bits per heavy atom. The van der Waals surface area contributed by atoms with Gasteiger partial charge in [0, 0.05) is 11.8 Å². The summed E-state index contributed by atoms with van der Waals surface area (Å²) >= 11 is 0. The van der Waals surface area contributed by atoms with Gasteiger partial charge in [-0.1, -0.05) is 20.3 Å². The van der Waals surface area contributed by atoms with E-state index >= 15 is 0 Å². The summed E-state index contributed by atoms with van der Waals surface area (Å²) < 4.78 is 5.77. The molecule has 1 saturated heterocycles. The van der Waals surface area contributed by atoms with Crippen molar-refractivity contribution in [1.29, 1.82) is 0 Å². The molecular weight excluding hydrogens is 230 g/mol. The predicted octanol–water partition coefficient (Wildman–Crippen LogP) is 2.17. The van der Waals surface area contributed by atoms with E-state index in [1.54, 1.807) is 0 Å². The van der Waals surface area contributed by atoms with E-state index in [1.165, 1.54) is 6.42 Å². The van der Waals surface area contributed by atoms with Crippen molar-refractivity contribution in [2.45, 2.75) is 70.9 Å². The van der Waals surface area contributed by atoms with E-state index in [4.69, 9.17) is 4.74 Å². The van der Waals surface area contributed by atoms with Crippen LogP contribution in [-0.2, 0) is 14.3 Å². The lowest BCUT2D eigenvalue weighted by molar-refractivity contribution is -0.180. The molecule has 4 nitrogen and oxygen atoms in total. The molecule has 0 radical (unpaired) electrons. The third kappa shape index (κ3) is 2.38. The van der Waals surface area contributed by atoms with Crippen molar-refractivity contribution >= 4 is 11.9 Å². The van der Waals surface area contributed by atoms with Crippen LogP contribution >= 0.6 is 0 Å². The van der Waals surface area contributed by atoms with E-state index in [2.05, 4.69) is 19.2 Å². The smallest absolute Gasteiger partial charge is 0.329 e. The number of esters is 1. The van der Waals surface area contributed by atoms with Gasteiger partial charge in [0.1, 0.15) is 11.6 Å². The maximum absolute atomic E-state index is 12.1. The first-order valence-corrected chi connectivity index (χ1v) is 6.86. The maximum atomic E-state index is 12.1. The monoisotopic (exact) mass is 253 g/mol. The molecule has 1 unspecified atom stereocenters. The van der Waals surface area contributed by atoms with Crippen LogP contribution in [0.2, 0.25) is 0 Å². The quantitative estimate of drug-likeness (QED) is 0.767. The molecule has 102 valence electrons. The molecule has 1 aliphatic carbocycles. The van der Waals surface area contributed by atoms with Crippen molar-refractivity contribution in [3.63, 3.8) is 0 Å². The summed E-state index contributed by atoms with van der Waals surface area (Å²) in [5, 5.41) is 2.67. The lowest BCUT2D eigenvalue weighted by Gasteiger charge is -2.47. The second kappa shape index (κ2) is 4.56. The predicted molar refractivity (Wildman–Crippen MR) is 67.9 cm³/mol. The van der Waals surface area contributed by atoms with Crippen molar-refractivity contribution in [3.8, 4) is 0 Å². The van der Waals surface area contributed by atoms with Crippen LogP contribution in [0.3, 0.4) is 0 Å². The minimum Gasteiger partial charge on any atom is -0.457 e. The van der Waals surface area contributed by atoms with Gasteiger partial charge in [0.25, 0.3) is 0 Å². The van der Waals surface area contributed by atoms with Gasteiger partial charge in [-0.05, 0) is 32.6 Å². The Balaban J connectivity index is 2.03. The van der Waals surface area contributed by atoms with Crippen LogP contribution in [0.1, 0.15) is 59.3 Å². The van der Waals surface area contributed by atoms with Gasteiger partial charge >= 0.3 is 5.97 Å². The first kappa shape index (κ1) is 13.4. The van der Waals surface area contributed by atoms with E-state index in [9.17, 15) is 9.59 Å². The molecule has 2 rings (SSSR count). The highest BCUT2D eigenvalue weighted by molar-refractivity contribution is 5.88. The Bertz CT molecular complexity index is 364. The number of amides is 1. The summed E-state index contributed by atoms with van der Waals surface area (Å²) in [6.07, 6.45) is 5.28. The number of hydrogen-bond donors (Lipinski definition) is 1. The standard InChI is InChI=1S/C14H23NO3/c1-13(2)8-4-5-9-14(13,3)18-12(17)10-6-7-11(16)15-10/h10H,4-9H2,1-3H3,(H,15,16)/t10-,14?/m0/s1. The van der Waals surface area contributed by atoms with Gasteiger partial charge in [-0.15, -0.1) is 0 Å². The first-order chi connectivity index (χ1) is 8.34. The molecule has 0 aromatic carbocycles. The molecule has 1 aliphatic heterocycles. The van der Waals surface area contributed by atoms with Gasteiger partial charge in [0.15, 0.2) is 0 Å². The highest BCUT2D eigenvalue weighted by Gasteiger charge is 2.47. The van der Waals surface area contributed by atoms with Gasteiger partial charge in [0.2, 0.25) is 5.91 Å². The third-order valence-corrected chi connectivity index (χ3v) is 4.74. The number of rotatable bonds is 2. The van der Waals surface area contributed by atoms with Gasteiger partial charge in [0.05, 0.1) is 0 Å². The first-order valence-electron chi connectivity index (χ1n) is 6.86. The molecular formula is C14H23NO3. The summed E-state index contributed by atoms with van der Waals surface area (Å²) in [6, 6.07) is -0.438. The van der Waals surface area contributed by atoms with Crippen molar-refractivity contribution in [2.24, 2.45) is 5.41 Å². The molecule has 1 amide bonds. The topological polar surface area (TPSA) is 55.4 Å². The summed E-state index contributed by atoms with van der Waals surface area (Å²) in [6.45, 7) is 6.35. The van der Waals surface area contributed by atoms with Crippen molar-refractivity contribution in [2.75, 3.05) is 0 Å². The van der Waals surface area contributed by atoms with E-state index in [-0.39, 0.29) is 17.3 Å². The Morgan fingerprint density at radius 2 is 1.94 bits per heavy atom. The van der Waals surface area contributed by atoms with E-state index in [0.29, 0.717) is 12.8 Å². The molecule has 18 heavy (non-hydrogen) atoms. The van der Waals surface area contributed by atoms with Crippen LogP contribution in [0.4, 0.5) is 0 Å². The average molecular weight is 253 g/mol. The molecule has 4 heteroatoms. The molecule has 0 aromatic heterocycles. The Hall–Kier alpha value is -1.06. The van der Waals surface area contributed by atoms with Gasteiger partial charge in [-0.2, -0.15) is 0 Å². The van der Waals surface area contributed by atoms with Crippen LogP contribution in [0.15, 0.2) is 0 Å². The van der Waals surface area contributed by atoms with Crippen LogP contribution in [0.25, 0.3) is 0 Å². The second-order valence-electron chi connectivity index (χ2n) is 6.40. The highest BCUT2D eigenvalue weighted by atomic mass is 16.6. The van der Waals surface area contributed by atoms with Crippen molar-refractivity contribution < 1.29 is 14.3 Å². The van der Waals surface area contributed by atoms with Crippen LogP contribution in [0.5, 0.6) is 0 Å². The van der Waals surface area contributed by atoms with E-state index < -0.39 is 11.6 Å². The zero-order chi connectivity index (χ0) is 13.4. The number of ether oxygens (including phenoxy) is 1. The molecule has 2 aliphatic rings. The fourth-order valence-electron chi connectivity index (χ4n) is 2.91. The van der Waals surface area contributed by atoms with Gasteiger partial charge < -0.3 is 10.1 Å². The molecule has 2 fully saturated rings. The minimum absolute atomic E-state index is 0.00350. The molecule has 1 heterocycles. The largest absolute Gasteiger partial charge is 0.457 e. The van der Waals surface area contributed by atoms with Crippen LogP contribution in [-0.4, -0.2) is 23.5 Å². The second-order valence-corrected chi connectivity index (χ2v) is 6.40. The number of carbonyl (C=O) groups is 2. The zero-order valence-corrected chi connectivity index (χ0v) is 11.5. The summed E-state index contributed by atoms with van der Waals surface area (Å²) in [5.74, 6) is -0.316. The number of nitrogens with one attached hydrogen (secondary N) is 1. The molecule has 0 bridgehead atoms. The molecule has 2 atom stereocenters. The SMILES string of the molecule is CC1(C)CCCCC1(C)OC(=O)[C@@H]1CCC(=O)N1. The summed E-state index contributed by atoms with van der Waals surface area (Å²) in [7, 11) is 0. The van der Waals surface area contributed by atoms with Gasteiger partial charge in [-0.25, -0.2) is 4.79 Å². The molecule has 0 aromatic rings. The number of carbonyl (C=O) groups excluding carboxylic acids is 2. The van der Waals surface area contributed by atoms with Crippen molar-refractivity contribution in [3.05, 3.63) is 0 Å². The third-order valence-electron chi connectivity index (χ3n) is 4.74. The number of hydrogen-bond acceptors (Lipinski definition) is 3. The lowest BCUT2D eigenvalue weighted by atomic mass is 9.66. The normalized spacial score (nSPS) is 35.1. The lowest BCUT2D eigenvalue weighted by Crippen LogP contribution is -2.50. The van der Waals surface area contributed by atoms with Crippen LogP contribution < -0.4 is 5.32 Å².